The Labute approximate surface area is 245 Å². The van der Waals surface area contributed by atoms with E-state index in [-0.39, 0.29) is 33.7 Å². The summed E-state index contributed by atoms with van der Waals surface area (Å²) >= 11 is 0. The molecular weight excluding hydrogens is 506 g/mol. The summed E-state index contributed by atoms with van der Waals surface area (Å²) in [6.45, 7) is 14.7. The second-order valence-corrected chi connectivity index (χ2v) is 15.2. The van der Waals surface area contributed by atoms with Gasteiger partial charge in [-0.3, -0.25) is 0 Å². The molecule has 41 heavy (non-hydrogen) atoms. The first-order chi connectivity index (χ1) is 19.4. The van der Waals surface area contributed by atoms with Gasteiger partial charge in [-0.2, -0.15) is 0 Å². The molecule has 0 aliphatic heterocycles. The second kappa shape index (κ2) is 8.58. The van der Waals surface area contributed by atoms with Gasteiger partial charge >= 0.3 is 0 Å². The summed E-state index contributed by atoms with van der Waals surface area (Å²) in [6.07, 6.45) is 13.5. The van der Waals surface area contributed by atoms with Crippen molar-refractivity contribution in [2.45, 2.75) is 97.8 Å². The fourth-order valence-electron chi connectivity index (χ4n) is 10.6. The number of aromatic amines is 1. The first-order valence-corrected chi connectivity index (χ1v) is 15.8. The number of ether oxygens (including phenoxy) is 1. The van der Waals surface area contributed by atoms with Crippen molar-refractivity contribution in [2.24, 2.45) is 28.1 Å². The third-order valence-corrected chi connectivity index (χ3v) is 13.3. The van der Waals surface area contributed by atoms with Crippen LogP contribution in [0.25, 0.3) is 10.9 Å². The number of hydrogen-bond acceptors (Lipinski definition) is 3. The fourth-order valence-corrected chi connectivity index (χ4v) is 10.6. The Kier molecular flexibility index (Phi) is 5.65. The fraction of sp³-hybridized carbons (Fsp3) is 0.568. The van der Waals surface area contributed by atoms with Crippen LogP contribution >= 0.6 is 0 Å². The summed E-state index contributed by atoms with van der Waals surface area (Å²) in [6, 6.07) is 8.06. The molecule has 0 spiro atoms. The number of methoxy groups -OCH3 is 1. The van der Waals surface area contributed by atoms with Crippen LogP contribution in [0, 0.1) is 35.0 Å². The first kappa shape index (κ1) is 27.0. The van der Waals surface area contributed by atoms with Gasteiger partial charge in [-0.25, -0.2) is 0 Å². The lowest BCUT2D eigenvalue weighted by Crippen LogP contribution is -2.61. The van der Waals surface area contributed by atoms with Crippen LogP contribution in [0.5, 0.6) is 17.2 Å². The molecule has 4 nitrogen and oxygen atoms in total. The third-order valence-electron chi connectivity index (χ3n) is 13.3. The summed E-state index contributed by atoms with van der Waals surface area (Å²) in [5, 5.41) is 23.1. The molecule has 218 valence electrons. The van der Waals surface area contributed by atoms with Crippen molar-refractivity contribution < 1.29 is 14.9 Å². The van der Waals surface area contributed by atoms with Gasteiger partial charge < -0.3 is 19.9 Å². The number of allylic oxidation sites excluding steroid dienone is 2. The molecule has 3 aromatic rings. The van der Waals surface area contributed by atoms with E-state index < -0.39 is 0 Å². The van der Waals surface area contributed by atoms with Crippen molar-refractivity contribution >= 4 is 10.9 Å². The predicted molar refractivity (Wildman–Crippen MR) is 166 cm³/mol. The van der Waals surface area contributed by atoms with Crippen LogP contribution < -0.4 is 4.74 Å². The van der Waals surface area contributed by atoms with Crippen molar-refractivity contribution in [3.05, 3.63) is 64.4 Å². The van der Waals surface area contributed by atoms with Crippen molar-refractivity contribution in [3.8, 4) is 17.2 Å². The highest BCUT2D eigenvalue weighted by Crippen LogP contribution is 2.74. The lowest BCUT2D eigenvalue weighted by Gasteiger charge is -2.69. The summed E-state index contributed by atoms with van der Waals surface area (Å²) in [7, 11) is 1.74. The van der Waals surface area contributed by atoms with E-state index in [1.165, 1.54) is 49.7 Å². The van der Waals surface area contributed by atoms with Gasteiger partial charge in [0.1, 0.15) is 5.75 Å². The molecule has 0 amide bonds. The SMILES string of the molecule is COc1cccc2[nH]cc([C@@H]3C=C4[C@@](C)(CC[C@@]5(C)[C@@H]6C[C@@H](C)CC[C@]6(C)CC[C@]45C)c4cc(O)c(O)c(C)c43)c12. The number of benzene rings is 2. The molecule has 0 unspecified atom stereocenters. The van der Waals surface area contributed by atoms with E-state index in [0.717, 1.165) is 40.1 Å². The molecule has 4 aliphatic carbocycles. The average Bonchev–Trinajstić information content (AvgIpc) is 3.39. The van der Waals surface area contributed by atoms with Crippen LogP contribution in [0.1, 0.15) is 108 Å². The Hall–Kier alpha value is -2.88. The minimum Gasteiger partial charge on any atom is -0.504 e. The van der Waals surface area contributed by atoms with Crippen molar-refractivity contribution in [2.75, 3.05) is 7.11 Å². The number of hydrogen-bond donors (Lipinski definition) is 3. The summed E-state index contributed by atoms with van der Waals surface area (Å²) in [5.74, 6) is 2.30. The van der Waals surface area contributed by atoms with Gasteiger partial charge in [0.05, 0.1) is 7.11 Å². The predicted octanol–water partition coefficient (Wildman–Crippen LogP) is 9.27. The maximum absolute atomic E-state index is 11.0. The Balaban J connectivity index is 1.50. The van der Waals surface area contributed by atoms with Crippen LogP contribution in [-0.4, -0.2) is 22.3 Å². The number of aromatic nitrogens is 1. The maximum atomic E-state index is 11.0. The number of rotatable bonds is 2. The number of phenols is 2. The highest BCUT2D eigenvalue weighted by Gasteiger charge is 2.65. The van der Waals surface area contributed by atoms with Crippen LogP contribution in [0.2, 0.25) is 0 Å². The van der Waals surface area contributed by atoms with Crippen LogP contribution in [0.15, 0.2) is 42.1 Å². The van der Waals surface area contributed by atoms with Gasteiger partial charge in [-0.15, -0.1) is 0 Å². The molecule has 3 saturated carbocycles. The number of H-pyrrole nitrogens is 1. The molecule has 0 bridgehead atoms. The van der Waals surface area contributed by atoms with E-state index in [1.54, 1.807) is 12.7 Å². The summed E-state index contributed by atoms with van der Waals surface area (Å²) in [5.41, 5.74) is 7.37. The Bertz CT molecular complexity index is 1600. The van der Waals surface area contributed by atoms with Crippen LogP contribution in [-0.2, 0) is 5.41 Å². The lowest BCUT2D eigenvalue weighted by molar-refractivity contribution is -0.145. The standard InChI is InChI=1S/C37H47NO3/c1-21-11-12-34(3)13-15-37(6)30-18-23(24-20-38-26-9-8-10-28(41-7)32(24)26)31-22(2)33(40)27(39)19-25(31)35(30,4)14-16-36(37,5)29(34)17-21/h8-10,18-21,23,29,38-40H,11-17H2,1-7H3/t21-,23-,29+,34+,35-,36-,37+/m0/s1. The average molecular weight is 554 g/mol. The molecule has 2 aromatic carbocycles. The largest absolute Gasteiger partial charge is 0.504 e. The van der Waals surface area contributed by atoms with E-state index in [9.17, 15) is 10.2 Å². The maximum Gasteiger partial charge on any atom is 0.160 e. The molecule has 0 radical (unpaired) electrons. The normalized spacial score (nSPS) is 37.9. The topological polar surface area (TPSA) is 65.5 Å². The molecule has 1 heterocycles. The molecule has 7 atom stereocenters. The Morgan fingerprint density at radius 3 is 2.54 bits per heavy atom. The number of fused-ring (bicyclic) bond motifs is 8. The molecule has 1 aromatic heterocycles. The first-order valence-electron chi connectivity index (χ1n) is 15.8. The van der Waals surface area contributed by atoms with Gasteiger partial charge in [0.15, 0.2) is 11.5 Å². The van der Waals surface area contributed by atoms with Crippen LogP contribution in [0.4, 0.5) is 0 Å². The Morgan fingerprint density at radius 1 is 1.00 bits per heavy atom. The highest BCUT2D eigenvalue weighted by molar-refractivity contribution is 5.91. The quantitative estimate of drug-likeness (QED) is 0.219. The number of nitrogens with one attached hydrogen (secondary N) is 1. The summed E-state index contributed by atoms with van der Waals surface area (Å²) < 4.78 is 5.88. The molecule has 4 aliphatic rings. The molecule has 3 N–H and O–H groups in total. The monoisotopic (exact) mass is 553 g/mol. The molecule has 3 fully saturated rings. The van der Waals surface area contributed by atoms with Crippen LogP contribution in [0.3, 0.4) is 0 Å². The zero-order chi connectivity index (χ0) is 29.1. The molecule has 7 rings (SSSR count). The van der Waals surface area contributed by atoms with Gasteiger partial charge in [0, 0.05) is 28.4 Å². The van der Waals surface area contributed by atoms with E-state index in [2.05, 4.69) is 57.9 Å². The van der Waals surface area contributed by atoms with E-state index >= 15 is 0 Å². The van der Waals surface area contributed by atoms with Crippen molar-refractivity contribution in [1.82, 2.24) is 4.98 Å². The van der Waals surface area contributed by atoms with E-state index in [4.69, 9.17) is 4.74 Å². The lowest BCUT2D eigenvalue weighted by atomic mass is 9.35. The number of aromatic hydroxyl groups is 2. The molecule has 4 heteroatoms. The second-order valence-electron chi connectivity index (χ2n) is 15.2. The number of phenolic OH excluding ortho intramolecular Hbond substituents is 2. The summed E-state index contributed by atoms with van der Waals surface area (Å²) in [4.78, 5) is 3.52. The molecule has 0 saturated heterocycles. The zero-order valence-electron chi connectivity index (χ0n) is 25.9. The smallest absolute Gasteiger partial charge is 0.160 e. The molecular formula is C37H47NO3. The highest BCUT2D eigenvalue weighted by atomic mass is 16.5. The van der Waals surface area contributed by atoms with Gasteiger partial charge in [-0.1, -0.05) is 58.8 Å². The minimum absolute atomic E-state index is 0.00232. The van der Waals surface area contributed by atoms with Gasteiger partial charge in [0.2, 0.25) is 0 Å². The minimum atomic E-state index is -0.194. The van der Waals surface area contributed by atoms with Gasteiger partial charge in [0.25, 0.3) is 0 Å². The van der Waals surface area contributed by atoms with Gasteiger partial charge in [-0.05, 0) is 114 Å². The Morgan fingerprint density at radius 2 is 1.78 bits per heavy atom. The van der Waals surface area contributed by atoms with Crippen molar-refractivity contribution in [3.63, 3.8) is 0 Å². The van der Waals surface area contributed by atoms with Crippen molar-refractivity contribution in [1.29, 1.82) is 0 Å². The van der Waals surface area contributed by atoms with E-state index in [1.807, 2.05) is 25.1 Å². The third kappa shape index (κ3) is 3.34. The van der Waals surface area contributed by atoms with E-state index in [0.29, 0.717) is 11.3 Å². The zero-order valence-corrected chi connectivity index (χ0v) is 25.9.